The molecule has 16 heavy (non-hydrogen) atoms. The Morgan fingerprint density at radius 2 is 2.31 bits per heavy atom. The summed E-state index contributed by atoms with van der Waals surface area (Å²) in [5.74, 6) is 0.593. The van der Waals surface area contributed by atoms with Gasteiger partial charge in [-0.05, 0) is 31.7 Å². The van der Waals surface area contributed by atoms with Crippen molar-refractivity contribution in [2.45, 2.75) is 32.4 Å². The molecule has 2 rings (SSSR count). The average Bonchev–Trinajstić information content (AvgIpc) is 3.11. The topological polar surface area (TPSA) is 36.4 Å². The number of hydrogen-bond donors (Lipinski definition) is 1. The Morgan fingerprint density at radius 1 is 1.62 bits per heavy atom. The Bertz CT molecular complexity index is 379. The molecule has 0 saturated heterocycles. The van der Waals surface area contributed by atoms with Gasteiger partial charge >= 0.3 is 0 Å². The van der Waals surface area contributed by atoms with Gasteiger partial charge in [-0.1, -0.05) is 0 Å². The third-order valence-corrected chi connectivity index (χ3v) is 3.37. The van der Waals surface area contributed by atoms with E-state index in [-0.39, 0.29) is 6.61 Å². The van der Waals surface area contributed by atoms with Gasteiger partial charge in [0.15, 0.2) is 11.6 Å². The molecule has 1 unspecified atom stereocenters. The largest absolute Gasteiger partial charge is 0.392 e. The molecular formula is C12H17FN2O. The van der Waals surface area contributed by atoms with E-state index < -0.39 is 5.82 Å². The Kier molecular flexibility index (Phi) is 3.10. The molecule has 1 aliphatic carbocycles. The summed E-state index contributed by atoms with van der Waals surface area (Å²) in [5, 5.41) is 9.00. The predicted octanol–water partition coefficient (Wildman–Crippen LogP) is 1.95. The van der Waals surface area contributed by atoms with Gasteiger partial charge in [0.2, 0.25) is 0 Å². The second-order valence-electron chi connectivity index (χ2n) is 4.45. The highest BCUT2D eigenvalue weighted by Crippen LogP contribution is 2.36. The fraction of sp³-hybridized carbons (Fsp3) is 0.583. The SMILES string of the molecule is CC(C1CC1)N(C)c1nccc(CO)c1F. The van der Waals surface area contributed by atoms with E-state index >= 15 is 0 Å². The van der Waals surface area contributed by atoms with Crippen molar-refractivity contribution in [2.24, 2.45) is 5.92 Å². The molecule has 4 heteroatoms. The number of nitrogens with zero attached hydrogens (tertiary/aromatic N) is 2. The molecular weight excluding hydrogens is 207 g/mol. The Hall–Kier alpha value is -1.16. The molecule has 1 aliphatic rings. The number of aromatic nitrogens is 1. The summed E-state index contributed by atoms with van der Waals surface area (Å²) in [6.45, 7) is 1.80. The molecule has 88 valence electrons. The van der Waals surface area contributed by atoms with Crippen molar-refractivity contribution in [1.29, 1.82) is 0 Å². The molecule has 1 fully saturated rings. The highest BCUT2D eigenvalue weighted by molar-refractivity contribution is 5.43. The van der Waals surface area contributed by atoms with E-state index in [4.69, 9.17) is 5.11 Å². The molecule has 0 amide bonds. The Morgan fingerprint density at radius 3 is 2.88 bits per heavy atom. The van der Waals surface area contributed by atoms with Crippen LogP contribution in [0.15, 0.2) is 12.3 Å². The maximum Gasteiger partial charge on any atom is 0.171 e. The first kappa shape index (κ1) is 11.3. The molecule has 1 aromatic rings. The standard InChI is InChI=1S/C12H17FN2O/c1-8(9-3-4-9)15(2)12-11(13)10(7-16)5-6-14-12/h5-6,8-9,16H,3-4,7H2,1-2H3. The highest BCUT2D eigenvalue weighted by Gasteiger charge is 2.32. The van der Waals surface area contributed by atoms with Crippen LogP contribution in [-0.2, 0) is 6.61 Å². The van der Waals surface area contributed by atoms with E-state index in [2.05, 4.69) is 11.9 Å². The maximum absolute atomic E-state index is 13.9. The summed E-state index contributed by atoms with van der Waals surface area (Å²) < 4.78 is 13.9. The Labute approximate surface area is 94.9 Å². The summed E-state index contributed by atoms with van der Waals surface area (Å²) in [7, 11) is 1.86. The van der Waals surface area contributed by atoms with Gasteiger partial charge < -0.3 is 10.0 Å². The molecule has 1 heterocycles. The first-order chi connectivity index (χ1) is 7.65. The van der Waals surface area contributed by atoms with Gasteiger partial charge in [0.05, 0.1) is 6.61 Å². The molecule has 3 nitrogen and oxygen atoms in total. The number of anilines is 1. The second kappa shape index (κ2) is 4.37. The van der Waals surface area contributed by atoms with Crippen molar-refractivity contribution in [3.05, 3.63) is 23.6 Å². The van der Waals surface area contributed by atoms with Crippen molar-refractivity contribution in [3.8, 4) is 0 Å². The second-order valence-corrected chi connectivity index (χ2v) is 4.45. The van der Waals surface area contributed by atoms with Crippen molar-refractivity contribution < 1.29 is 9.50 Å². The zero-order valence-electron chi connectivity index (χ0n) is 9.65. The normalized spacial score (nSPS) is 17.2. The molecule has 1 saturated carbocycles. The minimum Gasteiger partial charge on any atom is -0.392 e. The molecule has 0 aromatic carbocycles. The van der Waals surface area contributed by atoms with E-state index in [9.17, 15) is 4.39 Å². The fourth-order valence-corrected chi connectivity index (χ4v) is 1.93. The molecule has 1 N–H and O–H groups in total. The molecule has 1 aromatic heterocycles. The first-order valence-electron chi connectivity index (χ1n) is 5.62. The lowest BCUT2D eigenvalue weighted by Gasteiger charge is -2.26. The van der Waals surface area contributed by atoms with Gasteiger partial charge in [0, 0.05) is 24.8 Å². The zero-order chi connectivity index (χ0) is 11.7. The van der Waals surface area contributed by atoms with E-state index in [0.717, 1.165) is 0 Å². The molecule has 1 atom stereocenters. The highest BCUT2D eigenvalue weighted by atomic mass is 19.1. The quantitative estimate of drug-likeness (QED) is 0.849. The first-order valence-corrected chi connectivity index (χ1v) is 5.62. The van der Waals surface area contributed by atoms with Crippen molar-refractivity contribution in [2.75, 3.05) is 11.9 Å². The van der Waals surface area contributed by atoms with Crippen LogP contribution in [0.2, 0.25) is 0 Å². The molecule has 0 bridgehead atoms. The van der Waals surface area contributed by atoms with Crippen molar-refractivity contribution >= 4 is 5.82 Å². The van der Waals surface area contributed by atoms with Crippen LogP contribution < -0.4 is 4.90 Å². The summed E-state index contributed by atoms with van der Waals surface area (Å²) in [6.07, 6.45) is 3.97. The van der Waals surface area contributed by atoms with Crippen LogP contribution in [0, 0.1) is 11.7 Å². The smallest absolute Gasteiger partial charge is 0.171 e. The molecule has 0 radical (unpaired) electrons. The van der Waals surface area contributed by atoms with Crippen molar-refractivity contribution in [3.63, 3.8) is 0 Å². The minimum atomic E-state index is -0.403. The van der Waals surface area contributed by atoms with E-state index in [1.165, 1.54) is 18.9 Å². The maximum atomic E-state index is 13.9. The number of hydrogen-bond acceptors (Lipinski definition) is 3. The third kappa shape index (κ3) is 2.02. The van der Waals surface area contributed by atoms with Crippen LogP contribution in [0.5, 0.6) is 0 Å². The number of halogens is 1. The van der Waals surface area contributed by atoms with Crippen molar-refractivity contribution in [1.82, 2.24) is 4.98 Å². The zero-order valence-corrected chi connectivity index (χ0v) is 9.65. The monoisotopic (exact) mass is 224 g/mol. The fourth-order valence-electron chi connectivity index (χ4n) is 1.93. The predicted molar refractivity (Wildman–Crippen MR) is 60.7 cm³/mol. The lowest BCUT2D eigenvalue weighted by molar-refractivity contribution is 0.275. The van der Waals surface area contributed by atoms with Gasteiger partial charge in [-0.25, -0.2) is 9.37 Å². The van der Waals surface area contributed by atoms with Crippen LogP contribution in [0.3, 0.4) is 0 Å². The van der Waals surface area contributed by atoms with Crippen LogP contribution in [0.25, 0.3) is 0 Å². The molecule has 0 spiro atoms. The van der Waals surface area contributed by atoms with Gasteiger partial charge in [-0.2, -0.15) is 0 Å². The number of aliphatic hydroxyl groups is 1. The summed E-state index contributed by atoms with van der Waals surface area (Å²) in [6, 6.07) is 1.81. The summed E-state index contributed by atoms with van der Waals surface area (Å²) in [4.78, 5) is 5.93. The number of rotatable bonds is 4. The third-order valence-electron chi connectivity index (χ3n) is 3.37. The van der Waals surface area contributed by atoms with Crippen LogP contribution in [0.4, 0.5) is 10.2 Å². The number of aliphatic hydroxyl groups excluding tert-OH is 1. The van der Waals surface area contributed by atoms with Crippen LogP contribution in [0.1, 0.15) is 25.3 Å². The lowest BCUT2D eigenvalue weighted by atomic mass is 10.2. The van der Waals surface area contributed by atoms with Gasteiger partial charge in [-0.3, -0.25) is 0 Å². The van der Waals surface area contributed by atoms with E-state index in [1.807, 2.05) is 11.9 Å². The van der Waals surface area contributed by atoms with Gasteiger partial charge in [0.25, 0.3) is 0 Å². The lowest BCUT2D eigenvalue weighted by Crippen LogP contribution is -2.32. The van der Waals surface area contributed by atoms with E-state index in [0.29, 0.717) is 23.3 Å². The van der Waals surface area contributed by atoms with Gasteiger partial charge in [0.1, 0.15) is 0 Å². The van der Waals surface area contributed by atoms with Crippen LogP contribution in [-0.4, -0.2) is 23.2 Å². The average molecular weight is 224 g/mol. The Balaban J connectivity index is 2.24. The van der Waals surface area contributed by atoms with E-state index in [1.54, 1.807) is 6.20 Å². The van der Waals surface area contributed by atoms with Crippen LogP contribution >= 0.6 is 0 Å². The summed E-state index contributed by atoms with van der Waals surface area (Å²) in [5.41, 5.74) is 0.305. The minimum absolute atomic E-state index is 0.285. The van der Waals surface area contributed by atoms with Gasteiger partial charge in [-0.15, -0.1) is 0 Å². The number of pyridine rings is 1. The molecule has 0 aliphatic heterocycles. The summed E-state index contributed by atoms with van der Waals surface area (Å²) >= 11 is 0.